The molecule has 5 heteroatoms. The molecule has 1 heterocycles. The van der Waals surface area contributed by atoms with Crippen LogP contribution in [0.4, 0.5) is 16.2 Å². The fourth-order valence-electron chi connectivity index (χ4n) is 3.39. The summed E-state index contributed by atoms with van der Waals surface area (Å²) in [5.74, 6) is 0.0208. The Morgan fingerprint density at radius 1 is 0.893 bits per heavy atom. The van der Waals surface area contributed by atoms with Gasteiger partial charge in [-0.2, -0.15) is 0 Å². The molecule has 0 unspecified atom stereocenters. The summed E-state index contributed by atoms with van der Waals surface area (Å²) in [6, 6.07) is 24.4. The van der Waals surface area contributed by atoms with E-state index in [0.29, 0.717) is 18.7 Å². The quantitative estimate of drug-likeness (QED) is 0.722. The first-order valence-corrected chi connectivity index (χ1v) is 9.29. The topological polar surface area (TPSA) is 61.4 Å². The number of rotatable bonds is 4. The van der Waals surface area contributed by atoms with Crippen LogP contribution in [0.3, 0.4) is 0 Å². The molecule has 0 aliphatic carbocycles. The zero-order valence-corrected chi connectivity index (χ0v) is 15.4. The molecule has 3 aromatic rings. The highest BCUT2D eigenvalue weighted by Crippen LogP contribution is 2.30. The Morgan fingerprint density at radius 2 is 1.61 bits per heavy atom. The minimum absolute atomic E-state index is 0.0208. The number of urea groups is 1. The van der Waals surface area contributed by atoms with E-state index in [1.807, 2.05) is 77.7 Å². The minimum atomic E-state index is -0.243. The van der Waals surface area contributed by atoms with Crippen molar-refractivity contribution in [1.82, 2.24) is 5.32 Å². The zero-order chi connectivity index (χ0) is 19.3. The normalized spacial score (nSPS) is 12.4. The van der Waals surface area contributed by atoms with Crippen LogP contribution in [0.25, 0.3) is 0 Å². The summed E-state index contributed by atoms with van der Waals surface area (Å²) in [4.78, 5) is 26.6. The number of nitrogens with one attached hydrogen (secondary N) is 2. The largest absolute Gasteiger partial charge is 0.334 e. The molecule has 0 saturated heterocycles. The lowest BCUT2D eigenvalue weighted by atomic mass is 10.1. The van der Waals surface area contributed by atoms with Crippen LogP contribution >= 0.6 is 0 Å². The van der Waals surface area contributed by atoms with Crippen LogP contribution in [-0.2, 0) is 13.0 Å². The van der Waals surface area contributed by atoms with Crippen LogP contribution in [0.15, 0.2) is 78.9 Å². The molecule has 3 aromatic carbocycles. The fraction of sp³-hybridized carbons (Fsp3) is 0.130. The summed E-state index contributed by atoms with van der Waals surface area (Å²) in [7, 11) is 0. The van der Waals surface area contributed by atoms with Gasteiger partial charge in [-0.25, -0.2) is 4.79 Å². The predicted octanol–water partition coefficient (Wildman–Crippen LogP) is 4.21. The SMILES string of the molecule is O=C(NCc1ccc2c(c1)CCN2C(=O)c1ccccc1)Nc1ccccc1. The molecule has 4 rings (SSSR count). The molecule has 1 aliphatic rings. The van der Waals surface area contributed by atoms with Crippen molar-refractivity contribution in [2.45, 2.75) is 13.0 Å². The standard InChI is InChI=1S/C23H21N3O2/c27-22(18-7-3-1-4-8-18)26-14-13-19-15-17(11-12-21(19)26)16-24-23(28)25-20-9-5-2-6-10-20/h1-12,15H,13-14,16H2,(H2,24,25,28). The highest BCUT2D eigenvalue weighted by Gasteiger charge is 2.25. The molecule has 0 radical (unpaired) electrons. The number of nitrogens with zero attached hydrogens (tertiary/aromatic N) is 1. The van der Waals surface area contributed by atoms with Gasteiger partial charge in [0.2, 0.25) is 0 Å². The van der Waals surface area contributed by atoms with E-state index in [1.54, 1.807) is 0 Å². The lowest BCUT2D eigenvalue weighted by Crippen LogP contribution is -2.29. The molecule has 0 fully saturated rings. The van der Waals surface area contributed by atoms with Gasteiger partial charge in [-0.15, -0.1) is 0 Å². The highest BCUT2D eigenvalue weighted by molar-refractivity contribution is 6.07. The fourth-order valence-corrected chi connectivity index (χ4v) is 3.39. The maximum absolute atomic E-state index is 12.7. The number of benzene rings is 3. The third-order valence-corrected chi connectivity index (χ3v) is 4.79. The number of hydrogen-bond donors (Lipinski definition) is 2. The van der Waals surface area contributed by atoms with Gasteiger partial charge >= 0.3 is 6.03 Å². The average molecular weight is 371 g/mol. The third-order valence-electron chi connectivity index (χ3n) is 4.79. The first kappa shape index (κ1) is 17.8. The Kier molecular flexibility index (Phi) is 5.06. The molecule has 0 aromatic heterocycles. The number of anilines is 2. The van der Waals surface area contributed by atoms with Gasteiger partial charge in [0.25, 0.3) is 5.91 Å². The first-order chi connectivity index (χ1) is 13.7. The van der Waals surface area contributed by atoms with E-state index in [9.17, 15) is 9.59 Å². The molecule has 1 aliphatic heterocycles. The molecular formula is C23H21N3O2. The van der Waals surface area contributed by atoms with Crippen LogP contribution in [-0.4, -0.2) is 18.5 Å². The molecule has 28 heavy (non-hydrogen) atoms. The molecule has 3 amide bonds. The van der Waals surface area contributed by atoms with Crippen LogP contribution in [0, 0.1) is 0 Å². The summed E-state index contributed by atoms with van der Waals surface area (Å²) >= 11 is 0. The highest BCUT2D eigenvalue weighted by atomic mass is 16.2. The van der Waals surface area contributed by atoms with Crippen molar-refractivity contribution >= 4 is 23.3 Å². The van der Waals surface area contributed by atoms with E-state index in [4.69, 9.17) is 0 Å². The zero-order valence-electron chi connectivity index (χ0n) is 15.4. The summed E-state index contributed by atoms with van der Waals surface area (Å²) in [5.41, 5.74) is 4.54. The Morgan fingerprint density at radius 3 is 2.36 bits per heavy atom. The van der Waals surface area contributed by atoms with Gasteiger partial charge in [0, 0.05) is 30.0 Å². The maximum atomic E-state index is 12.7. The van der Waals surface area contributed by atoms with Gasteiger partial charge in [-0.1, -0.05) is 48.5 Å². The number of hydrogen-bond acceptors (Lipinski definition) is 2. The van der Waals surface area contributed by atoms with Crippen molar-refractivity contribution < 1.29 is 9.59 Å². The van der Waals surface area contributed by atoms with Crippen LogP contribution in [0.5, 0.6) is 0 Å². The van der Waals surface area contributed by atoms with Crippen LogP contribution < -0.4 is 15.5 Å². The number of fused-ring (bicyclic) bond motifs is 1. The summed E-state index contributed by atoms with van der Waals surface area (Å²) < 4.78 is 0. The van der Waals surface area contributed by atoms with Gasteiger partial charge < -0.3 is 15.5 Å². The Balaban J connectivity index is 1.40. The molecule has 5 nitrogen and oxygen atoms in total. The summed E-state index contributed by atoms with van der Waals surface area (Å²) in [6.45, 7) is 1.10. The lowest BCUT2D eigenvalue weighted by molar-refractivity contribution is 0.0989. The van der Waals surface area contributed by atoms with Crippen molar-refractivity contribution in [3.63, 3.8) is 0 Å². The molecule has 140 valence electrons. The van der Waals surface area contributed by atoms with Gasteiger partial charge in [-0.3, -0.25) is 4.79 Å². The van der Waals surface area contributed by atoms with Gasteiger partial charge in [0.1, 0.15) is 0 Å². The second-order valence-electron chi connectivity index (χ2n) is 6.71. The van der Waals surface area contributed by atoms with E-state index in [1.165, 1.54) is 0 Å². The van der Waals surface area contributed by atoms with Crippen molar-refractivity contribution in [2.75, 3.05) is 16.8 Å². The van der Waals surface area contributed by atoms with E-state index >= 15 is 0 Å². The van der Waals surface area contributed by atoms with Crippen LogP contribution in [0.2, 0.25) is 0 Å². The average Bonchev–Trinajstić information content (AvgIpc) is 3.16. The number of carbonyl (C=O) groups is 2. The number of carbonyl (C=O) groups excluding carboxylic acids is 2. The molecule has 2 N–H and O–H groups in total. The predicted molar refractivity (Wildman–Crippen MR) is 111 cm³/mol. The summed E-state index contributed by atoms with van der Waals surface area (Å²) in [6.07, 6.45) is 0.817. The third kappa shape index (κ3) is 3.88. The first-order valence-electron chi connectivity index (χ1n) is 9.29. The second kappa shape index (κ2) is 7.96. The van der Waals surface area contributed by atoms with E-state index in [-0.39, 0.29) is 11.9 Å². The minimum Gasteiger partial charge on any atom is -0.334 e. The van der Waals surface area contributed by atoms with E-state index in [0.717, 1.165) is 28.9 Å². The molecule has 0 spiro atoms. The van der Waals surface area contributed by atoms with Crippen molar-refractivity contribution in [3.8, 4) is 0 Å². The van der Waals surface area contributed by atoms with E-state index in [2.05, 4.69) is 16.7 Å². The maximum Gasteiger partial charge on any atom is 0.319 e. The molecule has 0 bridgehead atoms. The molecule has 0 saturated carbocycles. The Bertz CT molecular complexity index is 987. The van der Waals surface area contributed by atoms with Crippen molar-refractivity contribution in [3.05, 3.63) is 95.6 Å². The van der Waals surface area contributed by atoms with Crippen molar-refractivity contribution in [1.29, 1.82) is 0 Å². The smallest absolute Gasteiger partial charge is 0.319 e. The monoisotopic (exact) mass is 371 g/mol. The van der Waals surface area contributed by atoms with Gasteiger partial charge in [-0.05, 0) is 47.9 Å². The van der Waals surface area contributed by atoms with Gasteiger partial charge in [0.15, 0.2) is 0 Å². The Labute approximate surface area is 164 Å². The van der Waals surface area contributed by atoms with Crippen molar-refractivity contribution in [2.24, 2.45) is 0 Å². The molecule has 0 atom stereocenters. The Hall–Kier alpha value is -3.60. The van der Waals surface area contributed by atoms with Gasteiger partial charge in [0.05, 0.1) is 0 Å². The lowest BCUT2D eigenvalue weighted by Gasteiger charge is -2.17. The molecular weight excluding hydrogens is 350 g/mol. The number of para-hydroxylation sites is 1. The second-order valence-corrected chi connectivity index (χ2v) is 6.71. The number of amides is 3. The summed E-state index contributed by atoms with van der Waals surface area (Å²) in [5, 5.41) is 5.67. The van der Waals surface area contributed by atoms with E-state index < -0.39 is 0 Å². The van der Waals surface area contributed by atoms with Crippen LogP contribution in [0.1, 0.15) is 21.5 Å².